The highest BCUT2D eigenvalue weighted by atomic mass is 15.1. The number of hydrogen-bond donors (Lipinski definition) is 0. The van der Waals surface area contributed by atoms with E-state index in [-0.39, 0.29) is 0 Å². The molecule has 8 rings (SSSR count). The Morgan fingerprint density at radius 1 is 0.526 bits per heavy atom. The molecule has 0 bridgehead atoms. The second kappa shape index (κ2) is 8.15. The topological polar surface area (TPSA) is 35.6 Å². The van der Waals surface area contributed by atoms with Gasteiger partial charge in [0.25, 0.3) is 0 Å². The van der Waals surface area contributed by atoms with Crippen LogP contribution in [0.25, 0.3) is 66.1 Å². The van der Waals surface area contributed by atoms with Crippen molar-refractivity contribution in [1.82, 2.24) is 19.1 Å². The van der Waals surface area contributed by atoms with Crippen molar-refractivity contribution in [2.45, 2.75) is 0 Å². The van der Waals surface area contributed by atoms with E-state index < -0.39 is 0 Å². The molecule has 0 fully saturated rings. The van der Waals surface area contributed by atoms with E-state index in [9.17, 15) is 0 Å². The summed E-state index contributed by atoms with van der Waals surface area (Å²) in [5.74, 6) is 0.894. The highest BCUT2D eigenvalue weighted by Gasteiger charge is 2.15. The van der Waals surface area contributed by atoms with Crippen molar-refractivity contribution in [2.75, 3.05) is 0 Å². The van der Waals surface area contributed by atoms with Gasteiger partial charge in [-0.3, -0.25) is 9.55 Å². The predicted octanol–water partition coefficient (Wildman–Crippen LogP) is 8.34. The van der Waals surface area contributed by atoms with E-state index in [1.54, 1.807) is 6.20 Å². The van der Waals surface area contributed by atoms with Gasteiger partial charge in [-0.15, -0.1) is 0 Å². The van der Waals surface area contributed by atoms with Crippen molar-refractivity contribution >= 4 is 43.5 Å². The van der Waals surface area contributed by atoms with Crippen LogP contribution < -0.4 is 0 Å². The number of fused-ring (bicyclic) bond motifs is 5. The van der Waals surface area contributed by atoms with E-state index in [0.29, 0.717) is 0 Å². The van der Waals surface area contributed by atoms with E-state index in [4.69, 9.17) is 4.98 Å². The van der Waals surface area contributed by atoms with Crippen molar-refractivity contribution in [3.05, 3.63) is 134 Å². The van der Waals surface area contributed by atoms with Gasteiger partial charge in [0.15, 0.2) is 0 Å². The molecule has 0 radical (unpaired) electrons. The number of para-hydroxylation sites is 2. The Morgan fingerprint density at radius 2 is 1.37 bits per heavy atom. The zero-order valence-corrected chi connectivity index (χ0v) is 20.5. The molecule has 4 aromatic carbocycles. The molecular formula is C34H22N4. The van der Waals surface area contributed by atoms with Crippen LogP contribution in [-0.4, -0.2) is 19.1 Å². The van der Waals surface area contributed by atoms with Gasteiger partial charge >= 0.3 is 0 Å². The monoisotopic (exact) mass is 486 g/mol. The number of benzene rings is 4. The van der Waals surface area contributed by atoms with Gasteiger partial charge in [-0.2, -0.15) is 0 Å². The first kappa shape index (κ1) is 20.9. The van der Waals surface area contributed by atoms with Crippen molar-refractivity contribution < 1.29 is 0 Å². The highest BCUT2D eigenvalue weighted by Crippen LogP contribution is 2.36. The van der Waals surface area contributed by atoms with E-state index in [1.165, 1.54) is 32.4 Å². The molecule has 0 amide bonds. The smallest absolute Gasteiger partial charge is 0.138 e. The molecule has 38 heavy (non-hydrogen) atoms. The Kier molecular flexibility index (Phi) is 4.49. The largest absolute Gasteiger partial charge is 0.317 e. The first-order chi connectivity index (χ1) is 18.8. The minimum atomic E-state index is 0.894. The van der Waals surface area contributed by atoms with Crippen molar-refractivity contribution in [3.63, 3.8) is 0 Å². The second-order valence-electron chi connectivity index (χ2n) is 9.65. The summed E-state index contributed by atoms with van der Waals surface area (Å²) in [5.41, 5.74) is 6.82. The summed E-state index contributed by atoms with van der Waals surface area (Å²) in [5, 5.41) is 6.11. The lowest BCUT2D eigenvalue weighted by atomic mass is 10.0. The zero-order chi connectivity index (χ0) is 25.1. The number of rotatable bonds is 3. The molecule has 178 valence electrons. The molecule has 0 spiro atoms. The molecule has 0 aliphatic heterocycles. The highest BCUT2D eigenvalue weighted by molar-refractivity contribution is 6.14. The van der Waals surface area contributed by atoms with Crippen LogP contribution in [0.4, 0.5) is 0 Å². The van der Waals surface area contributed by atoms with Crippen LogP contribution in [0.5, 0.6) is 0 Å². The molecule has 0 aliphatic rings. The van der Waals surface area contributed by atoms with Crippen LogP contribution in [-0.2, 0) is 0 Å². The predicted molar refractivity (Wildman–Crippen MR) is 156 cm³/mol. The molecule has 4 aromatic heterocycles. The fourth-order valence-corrected chi connectivity index (χ4v) is 5.66. The third-order valence-electron chi connectivity index (χ3n) is 7.44. The Labute approximate surface area is 219 Å². The van der Waals surface area contributed by atoms with Gasteiger partial charge in [0.1, 0.15) is 5.82 Å². The molecule has 0 aliphatic carbocycles. The molecule has 0 N–H and O–H groups in total. The molecular weight excluding hydrogens is 464 g/mol. The van der Waals surface area contributed by atoms with Gasteiger partial charge in [0.05, 0.1) is 16.6 Å². The lowest BCUT2D eigenvalue weighted by Crippen LogP contribution is -1.97. The molecule has 8 aromatic rings. The van der Waals surface area contributed by atoms with Crippen LogP contribution in [0.2, 0.25) is 0 Å². The van der Waals surface area contributed by atoms with Crippen LogP contribution in [0.1, 0.15) is 0 Å². The first-order valence-electron chi connectivity index (χ1n) is 12.7. The van der Waals surface area contributed by atoms with Crippen LogP contribution >= 0.6 is 0 Å². The summed E-state index contributed by atoms with van der Waals surface area (Å²) in [4.78, 5) is 9.13. The minimum Gasteiger partial charge on any atom is -0.317 e. The Hall–Kier alpha value is -5.22. The number of nitrogens with zero attached hydrogens (tertiary/aromatic N) is 4. The van der Waals surface area contributed by atoms with Gasteiger partial charge in [0.2, 0.25) is 0 Å². The fourth-order valence-electron chi connectivity index (χ4n) is 5.66. The number of hydrogen-bond acceptors (Lipinski definition) is 2. The van der Waals surface area contributed by atoms with Gasteiger partial charge < -0.3 is 4.57 Å². The summed E-state index contributed by atoms with van der Waals surface area (Å²) in [6.45, 7) is 0. The van der Waals surface area contributed by atoms with Crippen LogP contribution in [0.3, 0.4) is 0 Å². The van der Waals surface area contributed by atoms with Crippen LogP contribution in [0.15, 0.2) is 134 Å². The van der Waals surface area contributed by atoms with Crippen LogP contribution in [0, 0.1) is 0 Å². The van der Waals surface area contributed by atoms with E-state index in [1.807, 2.05) is 24.5 Å². The van der Waals surface area contributed by atoms with Crippen molar-refractivity contribution in [3.8, 4) is 22.6 Å². The maximum absolute atomic E-state index is 4.82. The summed E-state index contributed by atoms with van der Waals surface area (Å²) < 4.78 is 4.54. The number of pyridine rings is 2. The van der Waals surface area contributed by atoms with Crippen molar-refractivity contribution in [1.29, 1.82) is 0 Å². The summed E-state index contributed by atoms with van der Waals surface area (Å²) in [7, 11) is 0. The van der Waals surface area contributed by atoms with Gasteiger partial charge in [-0.1, -0.05) is 42.5 Å². The molecule has 0 saturated carbocycles. The fraction of sp³-hybridized carbons (Fsp3) is 0. The molecule has 4 heterocycles. The average molecular weight is 487 g/mol. The third kappa shape index (κ3) is 3.17. The second-order valence-corrected chi connectivity index (χ2v) is 9.65. The minimum absolute atomic E-state index is 0.894. The molecule has 4 nitrogen and oxygen atoms in total. The lowest BCUT2D eigenvalue weighted by molar-refractivity contribution is 1.08. The Bertz CT molecular complexity index is 2120. The van der Waals surface area contributed by atoms with Gasteiger partial charge in [-0.25, -0.2) is 4.98 Å². The molecule has 4 heteroatoms. The third-order valence-corrected chi connectivity index (χ3v) is 7.44. The van der Waals surface area contributed by atoms with E-state index in [2.05, 4.69) is 117 Å². The molecule has 0 unspecified atom stereocenters. The Morgan fingerprint density at radius 3 is 2.26 bits per heavy atom. The van der Waals surface area contributed by atoms with E-state index >= 15 is 0 Å². The quantitative estimate of drug-likeness (QED) is 0.252. The zero-order valence-electron chi connectivity index (χ0n) is 20.5. The van der Waals surface area contributed by atoms with Crippen molar-refractivity contribution in [2.24, 2.45) is 0 Å². The summed E-state index contributed by atoms with van der Waals surface area (Å²) in [6, 6.07) is 38.8. The SMILES string of the molecule is c1ccc(-n2ccc3cc4cc5c6ccccc6n(-c6cc(-c7cccnc7)ccn6)c5cc4cc32)cc1. The maximum Gasteiger partial charge on any atom is 0.138 e. The maximum atomic E-state index is 4.82. The lowest BCUT2D eigenvalue weighted by Gasteiger charge is -2.10. The summed E-state index contributed by atoms with van der Waals surface area (Å²) in [6.07, 6.45) is 7.73. The summed E-state index contributed by atoms with van der Waals surface area (Å²) >= 11 is 0. The van der Waals surface area contributed by atoms with Gasteiger partial charge in [-0.05, 0) is 83.1 Å². The van der Waals surface area contributed by atoms with Gasteiger partial charge in [0, 0.05) is 52.2 Å². The standard InChI is InChI=1S/C34H22N4/c1-2-8-28(9-3-1)37-16-13-24-17-26-18-30-29-10-4-5-11-31(29)38(33(30)20-27(26)19-32(24)37)34-21-23(12-15-36-34)25-7-6-14-35-22-25/h1-22H. The molecule has 0 saturated heterocycles. The Balaban J connectivity index is 1.41. The number of aromatic nitrogens is 4. The first-order valence-corrected chi connectivity index (χ1v) is 12.7. The normalized spacial score (nSPS) is 11.7. The van der Waals surface area contributed by atoms with E-state index in [0.717, 1.165) is 33.7 Å². The molecule has 0 atom stereocenters. The average Bonchev–Trinajstić information content (AvgIpc) is 3.54.